The molecule has 0 radical (unpaired) electrons. The Labute approximate surface area is 139 Å². The van der Waals surface area contributed by atoms with E-state index < -0.39 is 0 Å². The third-order valence-electron chi connectivity index (χ3n) is 4.26. The van der Waals surface area contributed by atoms with E-state index in [0.717, 1.165) is 55.0 Å². The molecule has 0 bridgehead atoms. The van der Waals surface area contributed by atoms with E-state index in [2.05, 4.69) is 48.3 Å². The van der Waals surface area contributed by atoms with E-state index in [-0.39, 0.29) is 0 Å². The Morgan fingerprint density at radius 2 is 1.96 bits per heavy atom. The molecule has 1 fully saturated rings. The molecule has 120 valence electrons. The molecule has 0 aliphatic carbocycles. The van der Waals surface area contributed by atoms with Gasteiger partial charge in [0.25, 0.3) is 0 Å². The molecule has 4 rings (SSSR count). The summed E-state index contributed by atoms with van der Waals surface area (Å²) in [5, 5.41) is 3.17. The maximum absolute atomic E-state index is 4.68. The Morgan fingerprint density at radius 1 is 1.13 bits per heavy atom. The summed E-state index contributed by atoms with van der Waals surface area (Å²) < 4.78 is 2.08. The lowest BCUT2D eigenvalue weighted by Gasteiger charge is -2.34. The van der Waals surface area contributed by atoms with Gasteiger partial charge in [-0.2, -0.15) is 0 Å². The molecule has 0 atom stereocenters. The smallest absolute Gasteiger partial charge is 0.234 e. The number of rotatable bonds is 3. The van der Waals surface area contributed by atoms with Gasteiger partial charge in [-0.15, -0.1) is 11.3 Å². The number of fused-ring (bicyclic) bond motifs is 1. The van der Waals surface area contributed by atoms with Crippen molar-refractivity contribution in [3.05, 3.63) is 40.9 Å². The summed E-state index contributed by atoms with van der Waals surface area (Å²) in [5.74, 6) is 0.805. The molecule has 7 heteroatoms. The molecule has 23 heavy (non-hydrogen) atoms. The van der Waals surface area contributed by atoms with Crippen LogP contribution in [0.15, 0.2) is 23.8 Å². The number of imidazole rings is 1. The van der Waals surface area contributed by atoms with Gasteiger partial charge < -0.3 is 4.90 Å². The largest absolute Gasteiger partial charge is 0.346 e. The number of anilines is 1. The Kier molecular flexibility index (Phi) is 3.74. The summed E-state index contributed by atoms with van der Waals surface area (Å²) >= 11 is 1.71. The molecule has 0 spiro atoms. The maximum atomic E-state index is 4.68. The second-order valence-corrected chi connectivity index (χ2v) is 6.89. The molecule has 3 aromatic heterocycles. The van der Waals surface area contributed by atoms with Crippen LogP contribution in [-0.4, -0.2) is 50.4 Å². The zero-order valence-electron chi connectivity index (χ0n) is 13.4. The van der Waals surface area contributed by atoms with E-state index in [1.165, 1.54) is 5.69 Å². The number of piperazine rings is 1. The lowest BCUT2D eigenvalue weighted by molar-refractivity contribution is 0.247. The molecule has 1 aliphatic heterocycles. The molecule has 1 aliphatic rings. The normalized spacial score (nSPS) is 16.3. The standard InChI is InChI=1S/C16H20N6S/c1-12-9-13(2)22-11-14(19-15(22)18-12)10-20-4-6-21(7-5-20)16-17-3-8-23-16/h3,8-9,11H,4-7,10H2,1-2H3. The molecule has 0 unspecified atom stereocenters. The van der Waals surface area contributed by atoms with Crippen LogP contribution in [0.25, 0.3) is 5.78 Å². The molecule has 0 saturated carbocycles. The van der Waals surface area contributed by atoms with Crippen LogP contribution in [0.4, 0.5) is 5.13 Å². The Balaban J connectivity index is 1.44. The molecular formula is C16H20N6S. The van der Waals surface area contributed by atoms with E-state index in [1.807, 2.05) is 18.5 Å². The lowest BCUT2D eigenvalue weighted by atomic mass is 10.3. The first kappa shape index (κ1) is 14.6. The van der Waals surface area contributed by atoms with E-state index in [0.29, 0.717) is 0 Å². The molecule has 0 aromatic carbocycles. The summed E-state index contributed by atoms with van der Waals surface area (Å²) in [6.45, 7) is 9.12. The Bertz CT molecular complexity index is 801. The highest BCUT2D eigenvalue weighted by Gasteiger charge is 2.19. The maximum Gasteiger partial charge on any atom is 0.234 e. The van der Waals surface area contributed by atoms with Crippen molar-refractivity contribution >= 4 is 22.2 Å². The van der Waals surface area contributed by atoms with Crippen LogP contribution in [0.5, 0.6) is 0 Å². The summed E-state index contributed by atoms with van der Waals surface area (Å²) in [7, 11) is 0. The Hall–Kier alpha value is -1.99. The number of nitrogens with zero attached hydrogens (tertiary/aromatic N) is 6. The number of hydrogen-bond acceptors (Lipinski definition) is 6. The summed E-state index contributed by atoms with van der Waals surface area (Å²) in [6, 6.07) is 2.09. The minimum absolute atomic E-state index is 0.805. The van der Waals surface area contributed by atoms with Gasteiger partial charge in [0.05, 0.1) is 5.69 Å². The van der Waals surface area contributed by atoms with Crippen LogP contribution in [0.2, 0.25) is 0 Å². The second-order valence-electron chi connectivity index (χ2n) is 6.02. The number of hydrogen-bond donors (Lipinski definition) is 0. The monoisotopic (exact) mass is 328 g/mol. The van der Waals surface area contributed by atoms with Gasteiger partial charge in [-0.1, -0.05) is 0 Å². The average molecular weight is 328 g/mol. The molecule has 6 nitrogen and oxygen atoms in total. The van der Waals surface area contributed by atoms with Crippen LogP contribution >= 0.6 is 11.3 Å². The first-order valence-corrected chi connectivity index (χ1v) is 8.76. The fraction of sp³-hybridized carbons (Fsp3) is 0.438. The van der Waals surface area contributed by atoms with Crippen LogP contribution in [0.1, 0.15) is 17.1 Å². The number of thiazole rings is 1. The van der Waals surface area contributed by atoms with Crippen molar-refractivity contribution in [2.45, 2.75) is 20.4 Å². The van der Waals surface area contributed by atoms with Crippen molar-refractivity contribution in [2.75, 3.05) is 31.1 Å². The van der Waals surface area contributed by atoms with Gasteiger partial charge in [0.2, 0.25) is 5.78 Å². The first-order chi connectivity index (χ1) is 11.2. The van der Waals surface area contributed by atoms with Crippen molar-refractivity contribution in [3.63, 3.8) is 0 Å². The summed E-state index contributed by atoms with van der Waals surface area (Å²) in [6.07, 6.45) is 3.99. The van der Waals surface area contributed by atoms with Crippen LogP contribution in [0, 0.1) is 13.8 Å². The molecule has 0 amide bonds. The van der Waals surface area contributed by atoms with Gasteiger partial charge in [0.15, 0.2) is 5.13 Å². The Morgan fingerprint density at radius 3 is 2.70 bits per heavy atom. The third-order valence-corrected chi connectivity index (χ3v) is 5.09. The fourth-order valence-electron chi connectivity index (χ4n) is 3.09. The average Bonchev–Trinajstić information content (AvgIpc) is 3.17. The van der Waals surface area contributed by atoms with Gasteiger partial charge >= 0.3 is 0 Å². The van der Waals surface area contributed by atoms with Crippen LogP contribution < -0.4 is 4.90 Å². The summed E-state index contributed by atoms with van der Waals surface area (Å²) in [4.78, 5) is 18.4. The highest BCUT2D eigenvalue weighted by molar-refractivity contribution is 7.13. The van der Waals surface area contributed by atoms with Crippen LogP contribution in [0.3, 0.4) is 0 Å². The number of aryl methyl sites for hydroxylation is 2. The van der Waals surface area contributed by atoms with Crippen molar-refractivity contribution in [1.82, 2.24) is 24.3 Å². The van der Waals surface area contributed by atoms with Crippen molar-refractivity contribution in [1.29, 1.82) is 0 Å². The van der Waals surface area contributed by atoms with Gasteiger partial charge in [-0.3, -0.25) is 9.30 Å². The van der Waals surface area contributed by atoms with E-state index >= 15 is 0 Å². The van der Waals surface area contributed by atoms with Crippen LogP contribution in [-0.2, 0) is 6.54 Å². The lowest BCUT2D eigenvalue weighted by Crippen LogP contribution is -2.46. The van der Waals surface area contributed by atoms with Gasteiger partial charge in [-0.05, 0) is 19.9 Å². The fourth-order valence-corrected chi connectivity index (χ4v) is 3.79. The van der Waals surface area contributed by atoms with Crippen molar-refractivity contribution < 1.29 is 0 Å². The molecule has 0 N–H and O–H groups in total. The second kappa shape index (κ2) is 5.90. The van der Waals surface area contributed by atoms with Gasteiger partial charge in [-0.25, -0.2) is 15.0 Å². The zero-order chi connectivity index (χ0) is 15.8. The molecular weight excluding hydrogens is 308 g/mol. The predicted octanol–water partition coefficient (Wildman–Crippen LogP) is 2.12. The SMILES string of the molecule is Cc1cc(C)n2cc(CN3CCN(c4nccs4)CC3)nc2n1. The quantitative estimate of drug-likeness (QED) is 0.737. The highest BCUT2D eigenvalue weighted by atomic mass is 32.1. The van der Waals surface area contributed by atoms with Crippen molar-refractivity contribution in [3.8, 4) is 0 Å². The van der Waals surface area contributed by atoms with Gasteiger partial charge in [0.1, 0.15) is 0 Å². The minimum Gasteiger partial charge on any atom is -0.346 e. The zero-order valence-corrected chi connectivity index (χ0v) is 14.3. The van der Waals surface area contributed by atoms with E-state index in [4.69, 9.17) is 0 Å². The molecule has 4 heterocycles. The highest BCUT2D eigenvalue weighted by Crippen LogP contribution is 2.19. The van der Waals surface area contributed by atoms with Gasteiger partial charge in [0, 0.05) is 61.9 Å². The van der Waals surface area contributed by atoms with E-state index in [9.17, 15) is 0 Å². The minimum atomic E-state index is 0.805. The first-order valence-electron chi connectivity index (χ1n) is 7.88. The molecule has 1 saturated heterocycles. The predicted molar refractivity (Wildman–Crippen MR) is 92.1 cm³/mol. The van der Waals surface area contributed by atoms with Crippen molar-refractivity contribution in [2.24, 2.45) is 0 Å². The summed E-state index contributed by atoms with van der Waals surface area (Å²) in [5.41, 5.74) is 3.29. The third kappa shape index (κ3) is 2.94. The van der Waals surface area contributed by atoms with E-state index in [1.54, 1.807) is 11.3 Å². The topological polar surface area (TPSA) is 49.6 Å². The number of aromatic nitrogens is 4. The molecule has 3 aromatic rings.